The van der Waals surface area contributed by atoms with Gasteiger partial charge in [0.05, 0.1) is 27.3 Å². The summed E-state index contributed by atoms with van der Waals surface area (Å²) in [5.41, 5.74) is 2.00. The van der Waals surface area contributed by atoms with Gasteiger partial charge < -0.3 is 10.1 Å². The molecule has 168 valence electrons. The minimum absolute atomic E-state index is 0.175. The van der Waals surface area contributed by atoms with Crippen molar-refractivity contribution in [2.24, 2.45) is 0 Å². The number of rotatable bonds is 6. The highest BCUT2D eigenvalue weighted by molar-refractivity contribution is 7.89. The van der Waals surface area contributed by atoms with E-state index >= 15 is 0 Å². The number of benzene rings is 2. The lowest BCUT2D eigenvalue weighted by molar-refractivity contribution is -0.119. The van der Waals surface area contributed by atoms with Crippen LogP contribution in [-0.2, 0) is 19.6 Å². The van der Waals surface area contributed by atoms with Crippen molar-refractivity contribution in [1.29, 1.82) is 0 Å². The number of nitrogens with zero attached hydrogens (tertiary/aromatic N) is 2. The maximum atomic E-state index is 13.1. The van der Waals surface area contributed by atoms with E-state index in [1.807, 2.05) is 6.92 Å². The number of aromatic nitrogens is 1. The fraction of sp³-hybridized carbons (Fsp3) is 0.318. The molecule has 2 heterocycles. The molecule has 1 aliphatic rings. The van der Waals surface area contributed by atoms with Crippen LogP contribution in [0.25, 0.3) is 10.2 Å². The molecule has 1 unspecified atom stereocenters. The second-order valence-electron chi connectivity index (χ2n) is 7.50. The minimum Gasteiger partial charge on any atom is -0.462 e. The molecule has 2 aromatic carbocycles. The molecule has 0 spiro atoms. The lowest BCUT2D eigenvalue weighted by Crippen LogP contribution is -2.43. The van der Waals surface area contributed by atoms with Crippen molar-refractivity contribution < 1.29 is 22.7 Å². The van der Waals surface area contributed by atoms with Crippen molar-refractivity contribution >= 4 is 48.6 Å². The fourth-order valence-electron chi connectivity index (χ4n) is 3.64. The second kappa shape index (κ2) is 8.97. The van der Waals surface area contributed by atoms with Gasteiger partial charge in [-0.3, -0.25) is 4.79 Å². The highest BCUT2D eigenvalue weighted by Gasteiger charge is 2.39. The smallest absolute Gasteiger partial charge is 0.338 e. The summed E-state index contributed by atoms with van der Waals surface area (Å²) in [4.78, 5) is 29.5. The molecule has 1 fully saturated rings. The summed E-state index contributed by atoms with van der Waals surface area (Å²) in [6.07, 6.45) is 1.04. The van der Waals surface area contributed by atoms with Gasteiger partial charge in [-0.2, -0.15) is 4.31 Å². The van der Waals surface area contributed by atoms with E-state index in [1.54, 1.807) is 49.4 Å². The summed E-state index contributed by atoms with van der Waals surface area (Å²) in [5, 5.41) is 3.11. The Labute approximate surface area is 190 Å². The van der Waals surface area contributed by atoms with Crippen LogP contribution in [-0.4, -0.2) is 48.8 Å². The van der Waals surface area contributed by atoms with E-state index in [1.165, 1.54) is 15.6 Å². The minimum atomic E-state index is -3.78. The van der Waals surface area contributed by atoms with Gasteiger partial charge in [-0.05, 0) is 57.0 Å². The van der Waals surface area contributed by atoms with Crippen molar-refractivity contribution in [2.75, 3.05) is 18.5 Å². The number of anilines is 1. The normalized spacial score (nSPS) is 16.9. The van der Waals surface area contributed by atoms with Crippen molar-refractivity contribution in [3.63, 3.8) is 0 Å². The Hall–Kier alpha value is -2.82. The predicted octanol–water partition coefficient (Wildman–Crippen LogP) is 3.57. The Morgan fingerprint density at radius 3 is 2.69 bits per heavy atom. The van der Waals surface area contributed by atoms with Crippen LogP contribution in [0.3, 0.4) is 0 Å². The first-order valence-electron chi connectivity index (χ1n) is 10.3. The molecule has 32 heavy (non-hydrogen) atoms. The van der Waals surface area contributed by atoms with Gasteiger partial charge in [0.2, 0.25) is 15.9 Å². The number of carbonyl (C=O) groups excluding carboxylic acids is 2. The average Bonchev–Trinajstić information content (AvgIpc) is 3.41. The highest BCUT2D eigenvalue weighted by Crippen LogP contribution is 2.30. The van der Waals surface area contributed by atoms with Crippen LogP contribution in [0, 0.1) is 6.92 Å². The van der Waals surface area contributed by atoms with Gasteiger partial charge >= 0.3 is 5.97 Å². The first kappa shape index (κ1) is 22.4. The van der Waals surface area contributed by atoms with E-state index in [9.17, 15) is 18.0 Å². The third kappa shape index (κ3) is 4.38. The van der Waals surface area contributed by atoms with E-state index in [2.05, 4.69) is 10.3 Å². The molecule has 1 amide bonds. The van der Waals surface area contributed by atoms with Crippen LogP contribution in [0.15, 0.2) is 47.4 Å². The lowest BCUT2D eigenvalue weighted by Gasteiger charge is -2.23. The van der Waals surface area contributed by atoms with Crippen LogP contribution in [0.1, 0.15) is 35.7 Å². The van der Waals surface area contributed by atoms with Gasteiger partial charge in [0.1, 0.15) is 6.04 Å². The first-order chi connectivity index (χ1) is 15.3. The van der Waals surface area contributed by atoms with Gasteiger partial charge in [-0.1, -0.05) is 29.0 Å². The number of esters is 1. The van der Waals surface area contributed by atoms with E-state index < -0.39 is 27.9 Å². The molecule has 3 aromatic rings. The molecule has 0 radical (unpaired) electrons. The molecule has 1 saturated heterocycles. The van der Waals surface area contributed by atoms with Crippen LogP contribution in [0.2, 0.25) is 0 Å². The number of hydrogen-bond donors (Lipinski definition) is 1. The first-order valence-corrected chi connectivity index (χ1v) is 12.5. The fourth-order valence-corrected chi connectivity index (χ4v) is 6.21. The van der Waals surface area contributed by atoms with Gasteiger partial charge in [-0.25, -0.2) is 18.2 Å². The number of amides is 1. The maximum absolute atomic E-state index is 13.1. The number of nitrogens with one attached hydrogen (secondary N) is 1. The zero-order valence-corrected chi connectivity index (χ0v) is 19.3. The van der Waals surface area contributed by atoms with Crippen LogP contribution in [0.5, 0.6) is 0 Å². The zero-order chi connectivity index (χ0) is 22.9. The average molecular weight is 474 g/mol. The van der Waals surface area contributed by atoms with Crippen molar-refractivity contribution in [1.82, 2.24) is 9.29 Å². The number of carbonyl (C=O) groups is 2. The molecule has 1 N–H and O–H groups in total. The van der Waals surface area contributed by atoms with Gasteiger partial charge in [-0.15, -0.1) is 0 Å². The summed E-state index contributed by atoms with van der Waals surface area (Å²) < 4.78 is 33.2. The highest BCUT2D eigenvalue weighted by atomic mass is 32.2. The number of thiazole rings is 1. The second-order valence-corrected chi connectivity index (χ2v) is 10.4. The van der Waals surface area contributed by atoms with Crippen LogP contribution >= 0.6 is 11.3 Å². The largest absolute Gasteiger partial charge is 0.462 e. The van der Waals surface area contributed by atoms with E-state index in [0.29, 0.717) is 29.1 Å². The standard InChI is InChI=1S/C22H23N3O5S2/c1-3-30-21(27)15-8-11-17-19(13-15)31-22(23-17)24-20(26)18-5-4-12-25(18)32(28,29)16-9-6-14(2)7-10-16/h6-11,13,18H,3-5,12H2,1-2H3,(H,23,24,26). The van der Waals surface area contributed by atoms with Crippen molar-refractivity contribution in [3.8, 4) is 0 Å². The Bertz CT molecular complexity index is 1270. The van der Waals surface area contributed by atoms with Crippen LogP contribution in [0.4, 0.5) is 5.13 Å². The van der Waals surface area contributed by atoms with E-state index in [-0.39, 0.29) is 18.0 Å². The molecule has 0 bridgehead atoms. The Kier molecular flexibility index (Phi) is 6.27. The molecule has 4 rings (SSSR count). The van der Waals surface area contributed by atoms with E-state index in [4.69, 9.17) is 4.74 Å². The number of hydrogen-bond acceptors (Lipinski definition) is 7. The molecule has 0 saturated carbocycles. The third-order valence-electron chi connectivity index (χ3n) is 5.26. The predicted molar refractivity (Wildman–Crippen MR) is 122 cm³/mol. The summed E-state index contributed by atoms with van der Waals surface area (Å²) in [5.74, 6) is -0.834. The number of fused-ring (bicyclic) bond motifs is 1. The Balaban J connectivity index is 1.53. The molecular formula is C22H23N3O5S2. The molecule has 10 heteroatoms. The van der Waals surface area contributed by atoms with Crippen molar-refractivity contribution in [3.05, 3.63) is 53.6 Å². The SMILES string of the molecule is CCOC(=O)c1ccc2nc(NC(=O)C3CCCN3S(=O)(=O)c3ccc(C)cc3)sc2c1. The number of aryl methyl sites for hydroxylation is 1. The zero-order valence-electron chi connectivity index (χ0n) is 17.7. The Morgan fingerprint density at radius 2 is 1.97 bits per heavy atom. The summed E-state index contributed by atoms with van der Waals surface area (Å²) >= 11 is 1.22. The molecule has 1 atom stereocenters. The molecule has 8 nitrogen and oxygen atoms in total. The summed E-state index contributed by atoms with van der Waals surface area (Å²) in [7, 11) is -3.78. The van der Waals surface area contributed by atoms with Gasteiger partial charge in [0.25, 0.3) is 0 Å². The Morgan fingerprint density at radius 1 is 1.22 bits per heavy atom. The molecular weight excluding hydrogens is 450 g/mol. The number of ether oxygens (including phenoxy) is 1. The monoisotopic (exact) mass is 473 g/mol. The van der Waals surface area contributed by atoms with Gasteiger partial charge in [0, 0.05) is 6.54 Å². The topological polar surface area (TPSA) is 106 Å². The quantitative estimate of drug-likeness (QED) is 0.549. The molecule has 0 aliphatic carbocycles. The summed E-state index contributed by atoms with van der Waals surface area (Å²) in [6, 6.07) is 10.8. The van der Waals surface area contributed by atoms with Gasteiger partial charge in [0.15, 0.2) is 5.13 Å². The number of sulfonamides is 1. The van der Waals surface area contributed by atoms with Crippen molar-refractivity contribution in [2.45, 2.75) is 37.6 Å². The maximum Gasteiger partial charge on any atom is 0.338 e. The van der Waals surface area contributed by atoms with Crippen LogP contribution < -0.4 is 5.32 Å². The third-order valence-corrected chi connectivity index (χ3v) is 8.12. The summed E-state index contributed by atoms with van der Waals surface area (Å²) in [6.45, 7) is 4.19. The van der Waals surface area contributed by atoms with E-state index in [0.717, 1.165) is 10.3 Å². The lowest BCUT2D eigenvalue weighted by atomic mass is 10.2. The molecule has 1 aromatic heterocycles. The molecule has 1 aliphatic heterocycles.